The molecule has 0 radical (unpaired) electrons. The van der Waals surface area contributed by atoms with Crippen LogP contribution in [-0.4, -0.2) is 44.3 Å². The Balaban J connectivity index is 1.78. The lowest BCUT2D eigenvalue weighted by atomic mass is 9.95. The fraction of sp³-hybridized carbons (Fsp3) is 0.500. The highest BCUT2D eigenvalue weighted by Gasteiger charge is 2.14. The van der Waals surface area contributed by atoms with Crippen molar-refractivity contribution in [2.75, 3.05) is 39.4 Å². The van der Waals surface area contributed by atoms with Gasteiger partial charge in [0.25, 0.3) is 0 Å². The van der Waals surface area contributed by atoms with E-state index in [0.29, 0.717) is 0 Å². The molecule has 1 N–H and O–H groups in total. The number of morpholine rings is 1. The SMILES string of the molecule is C1=C(c2ccccc2CN2CCOCC2)CCNC1. The summed E-state index contributed by atoms with van der Waals surface area (Å²) in [4.78, 5) is 2.49. The van der Waals surface area contributed by atoms with Gasteiger partial charge in [-0.05, 0) is 29.7 Å². The van der Waals surface area contributed by atoms with Crippen LogP contribution in [0.1, 0.15) is 17.5 Å². The molecule has 1 fully saturated rings. The third kappa shape index (κ3) is 3.24. The Hall–Kier alpha value is -1.16. The van der Waals surface area contributed by atoms with Crippen molar-refractivity contribution in [2.24, 2.45) is 0 Å². The summed E-state index contributed by atoms with van der Waals surface area (Å²) in [6.45, 7) is 6.98. The molecule has 0 aliphatic carbocycles. The van der Waals surface area contributed by atoms with Gasteiger partial charge in [0.15, 0.2) is 0 Å². The molecule has 102 valence electrons. The third-order valence-electron chi connectivity index (χ3n) is 3.92. The predicted molar refractivity (Wildman–Crippen MR) is 78.0 cm³/mol. The Bertz CT molecular complexity index is 450. The lowest BCUT2D eigenvalue weighted by Crippen LogP contribution is -2.35. The topological polar surface area (TPSA) is 24.5 Å². The van der Waals surface area contributed by atoms with Crippen LogP contribution in [0.25, 0.3) is 5.57 Å². The van der Waals surface area contributed by atoms with Gasteiger partial charge in [0.2, 0.25) is 0 Å². The average Bonchev–Trinajstić information content (AvgIpc) is 2.50. The second-order valence-electron chi connectivity index (χ2n) is 5.23. The third-order valence-corrected chi connectivity index (χ3v) is 3.92. The van der Waals surface area contributed by atoms with E-state index < -0.39 is 0 Å². The lowest BCUT2D eigenvalue weighted by Gasteiger charge is -2.28. The van der Waals surface area contributed by atoms with E-state index in [9.17, 15) is 0 Å². The fourth-order valence-corrected chi connectivity index (χ4v) is 2.84. The van der Waals surface area contributed by atoms with Crippen LogP contribution in [0.4, 0.5) is 0 Å². The van der Waals surface area contributed by atoms with Crippen molar-refractivity contribution in [1.29, 1.82) is 0 Å². The molecule has 2 aliphatic heterocycles. The highest BCUT2D eigenvalue weighted by atomic mass is 16.5. The molecule has 0 aromatic heterocycles. The quantitative estimate of drug-likeness (QED) is 0.896. The summed E-state index contributed by atoms with van der Waals surface area (Å²) in [6, 6.07) is 8.85. The van der Waals surface area contributed by atoms with Crippen LogP contribution in [0.2, 0.25) is 0 Å². The maximum absolute atomic E-state index is 5.42. The molecule has 1 aromatic rings. The summed E-state index contributed by atoms with van der Waals surface area (Å²) in [5.74, 6) is 0. The van der Waals surface area contributed by atoms with Crippen LogP contribution in [-0.2, 0) is 11.3 Å². The van der Waals surface area contributed by atoms with Gasteiger partial charge in [-0.1, -0.05) is 30.3 Å². The standard InChI is InChI=1S/C16H22N2O/c1-2-4-16(14-5-7-17-8-6-14)15(3-1)13-18-9-11-19-12-10-18/h1-5,17H,6-13H2. The van der Waals surface area contributed by atoms with E-state index in [0.717, 1.165) is 52.4 Å². The van der Waals surface area contributed by atoms with Crippen LogP contribution in [0.5, 0.6) is 0 Å². The van der Waals surface area contributed by atoms with Gasteiger partial charge in [-0.15, -0.1) is 0 Å². The molecule has 0 bridgehead atoms. The smallest absolute Gasteiger partial charge is 0.0594 e. The van der Waals surface area contributed by atoms with Crippen LogP contribution >= 0.6 is 0 Å². The highest BCUT2D eigenvalue weighted by Crippen LogP contribution is 2.24. The molecule has 0 atom stereocenters. The molecule has 0 saturated carbocycles. The van der Waals surface area contributed by atoms with Crippen LogP contribution in [0.15, 0.2) is 30.3 Å². The van der Waals surface area contributed by atoms with Crippen molar-refractivity contribution >= 4 is 5.57 Å². The first-order valence-corrected chi connectivity index (χ1v) is 7.21. The Labute approximate surface area is 115 Å². The zero-order valence-corrected chi connectivity index (χ0v) is 11.4. The zero-order valence-electron chi connectivity index (χ0n) is 11.4. The van der Waals surface area contributed by atoms with E-state index in [1.54, 1.807) is 0 Å². The molecule has 0 unspecified atom stereocenters. The van der Waals surface area contributed by atoms with Crippen LogP contribution < -0.4 is 5.32 Å². The van der Waals surface area contributed by atoms with Gasteiger partial charge in [0.1, 0.15) is 0 Å². The summed E-state index contributed by atoms with van der Waals surface area (Å²) < 4.78 is 5.42. The van der Waals surface area contributed by atoms with Gasteiger partial charge in [0, 0.05) is 26.2 Å². The Morgan fingerprint density at radius 2 is 2.00 bits per heavy atom. The van der Waals surface area contributed by atoms with Crippen molar-refractivity contribution in [3.63, 3.8) is 0 Å². The molecule has 3 nitrogen and oxygen atoms in total. The van der Waals surface area contributed by atoms with E-state index in [1.165, 1.54) is 16.7 Å². The monoisotopic (exact) mass is 258 g/mol. The second-order valence-corrected chi connectivity index (χ2v) is 5.23. The molecule has 1 aromatic carbocycles. The molecular weight excluding hydrogens is 236 g/mol. The van der Waals surface area contributed by atoms with Crippen LogP contribution in [0, 0.1) is 0 Å². The van der Waals surface area contributed by atoms with Gasteiger partial charge >= 0.3 is 0 Å². The summed E-state index contributed by atoms with van der Waals surface area (Å²) in [6.07, 6.45) is 3.47. The zero-order chi connectivity index (χ0) is 12.9. The fourth-order valence-electron chi connectivity index (χ4n) is 2.84. The van der Waals surface area contributed by atoms with E-state index in [2.05, 4.69) is 40.6 Å². The van der Waals surface area contributed by atoms with Gasteiger partial charge in [-0.2, -0.15) is 0 Å². The van der Waals surface area contributed by atoms with Crippen molar-refractivity contribution in [3.8, 4) is 0 Å². The number of rotatable bonds is 3. The molecule has 0 amide bonds. The molecule has 0 spiro atoms. The minimum atomic E-state index is 0.870. The van der Waals surface area contributed by atoms with Gasteiger partial charge in [0.05, 0.1) is 13.2 Å². The largest absolute Gasteiger partial charge is 0.379 e. The Morgan fingerprint density at radius 1 is 1.16 bits per heavy atom. The first-order chi connectivity index (χ1) is 9.43. The number of benzene rings is 1. The maximum Gasteiger partial charge on any atom is 0.0594 e. The van der Waals surface area contributed by atoms with Crippen molar-refractivity contribution in [1.82, 2.24) is 10.2 Å². The normalized spacial score (nSPS) is 21.2. The van der Waals surface area contributed by atoms with Crippen molar-refractivity contribution in [3.05, 3.63) is 41.5 Å². The minimum absolute atomic E-state index is 0.870. The average molecular weight is 258 g/mol. The molecule has 1 saturated heterocycles. The van der Waals surface area contributed by atoms with E-state index in [-0.39, 0.29) is 0 Å². The maximum atomic E-state index is 5.42. The molecule has 2 aliphatic rings. The molecule has 2 heterocycles. The Kier molecular flexibility index (Phi) is 4.28. The van der Waals surface area contributed by atoms with Crippen molar-refractivity contribution < 1.29 is 4.74 Å². The summed E-state index contributed by atoms with van der Waals surface area (Å²) >= 11 is 0. The van der Waals surface area contributed by atoms with Gasteiger partial charge in [-0.25, -0.2) is 0 Å². The number of nitrogens with one attached hydrogen (secondary N) is 1. The number of hydrogen-bond donors (Lipinski definition) is 1. The summed E-state index contributed by atoms with van der Waals surface area (Å²) in [5.41, 5.74) is 4.40. The number of nitrogens with zero attached hydrogens (tertiary/aromatic N) is 1. The lowest BCUT2D eigenvalue weighted by molar-refractivity contribution is 0.0341. The Morgan fingerprint density at radius 3 is 2.79 bits per heavy atom. The van der Waals surface area contributed by atoms with E-state index in [1.807, 2.05) is 0 Å². The minimum Gasteiger partial charge on any atom is -0.379 e. The predicted octanol–water partition coefficient (Wildman–Crippen LogP) is 1.90. The van der Waals surface area contributed by atoms with Crippen molar-refractivity contribution in [2.45, 2.75) is 13.0 Å². The first-order valence-electron chi connectivity index (χ1n) is 7.21. The van der Waals surface area contributed by atoms with Crippen LogP contribution in [0.3, 0.4) is 0 Å². The number of hydrogen-bond acceptors (Lipinski definition) is 3. The van der Waals surface area contributed by atoms with Gasteiger partial charge in [-0.3, -0.25) is 4.90 Å². The highest BCUT2D eigenvalue weighted by molar-refractivity contribution is 5.69. The molecule has 3 rings (SSSR count). The van der Waals surface area contributed by atoms with E-state index >= 15 is 0 Å². The molecule has 3 heteroatoms. The first kappa shape index (κ1) is 12.9. The van der Waals surface area contributed by atoms with Gasteiger partial charge < -0.3 is 10.1 Å². The second kappa shape index (κ2) is 6.33. The van der Waals surface area contributed by atoms with E-state index in [4.69, 9.17) is 4.74 Å². The molecular formula is C16H22N2O. The number of ether oxygens (including phenoxy) is 1. The molecule has 19 heavy (non-hydrogen) atoms. The summed E-state index contributed by atoms with van der Waals surface area (Å²) in [7, 11) is 0. The summed E-state index contributed by atoms with van der Waals surface area (Å²) in [5, 5.41) is 3.38.